The minimum Gasteiger partial charge on any atom is -0.373 e. The second-order valence-corrected chi connectivity index (χ2v) is 10.1. The zero-order valence-corrected chi connectivity index (χ0v) is 20.6. The topological polar surface area (TPSA) is 74.3 Å². The first-order valence-electron chi connectivity index (χ1n) is 12.0. The number of aryl methyl sites for hydroxylation is 1. The first kappa shape index (κ1) is 23.2. The van der Waals surface area contributed by atoms with Crippen LogP contribution in [0, 0.1) is 25.5 Å². The van der Waals surface area contributed by atoms with Crippen LogP contribution in [0.5, 0.6) is 0 Å². The van der Waals surface area contributed by atoms with Crippen LogP contribution in [0.3, 0.4) is 0 Å². The van der Waals surface area contributed by atoms with Gasteiger partial charge in [-0.15, -0.1) is 0 Å². The van der Waals surface area contributed by atoms with E-state index in [1.54, 1.807) is 19.9 Å². The molecule has 3 aromatic heterocycles. The molecule has 0 spiro atoms. The molecule has 10 heteroatoms. The summed E-state index contributed by atoms with van der Waals surface area (Å²) in [6.07, 6.45) is 7.22. The fourth-order valence-corrected chi connectivity index (χ4v) is 5.05. The smallest absolute Gasteiger partial charge is 0.277 e. The average Bonchev–Trinajstić information content (AvgIpc) is 3.58. The zero-order chi connectivity index (χ0) is 25.1. The van der Waals surface area contributed by atoms with Gasteiger partial charge in [0.05, 0.1) is 29.6 Å². The molecule has 4 heterocycles. The van der Waals surface area contributed by atoms with Crippen LogP contribution in [-0.2, 0) is 4.74 Å². The normalized spacial score (nSPS) is 20.2. The highest BCUT2D eigenvalue weighted by molar-refractivity contribution is 6.30. The fourth-order valence-electron chi connectivity index (χ4n) is 4.86. The van der Waals surface area contributed by atoms with Crippen LogP contribution < -0.4 is 5.56 Å². The Hall–Kier alpha value is -3.17. The molecule has 2 fully saturated rings. The van der Waals surface area contributed by atoms with Crippen molar-refractivity contribution < 1.29 is 13.5 Å². The van der Waals surface area contributed by atoms with Gasteiger partial charge in [0.15, 0.2) is 5.65 Å². The summed E-state index contributed by atoms with van der Waals surface area (Å²) in [5, 5.41) is 9.05. The lowest BCUT2D eigenvalue weighted by molar-refractivity contribution is 0.00443. The van der Waals surface area contributed by atoms with Crippen LogP contribution in [0.1, 0.15) is 66.3 Å². The van der Waals surface area contributed by atoms with Crippen molar-refractivity contribution in [3.8, 4) is 11.1 Å². The predicted octanol–water partition coefficient (Wildman–Crippen LogP) is 5.47. The molecule has 7 nitrogen and oxygen atoms in total. The quantitative estimate of drug-likeness (QED) is 0.363. The number of hydrogen-bond acceptors (Lipinski definition) is 5. The Morgan fingerprint density at radius 1 is 1.11 bits per heavy atom. The molecule has 2 atom stereocenters. The number of ether oxygens (including phenoxy) is 1. The lowest BCUT2D eigenvalue weighted by Crippen LogP contribution is -2.25. The van der Waals surface area contributed by atoms with E-state index in [0.29, 0.717) is 42.4 Å². The molecule has 1 saturated heterocycles. The van der Waals surface area contributed by atoms with Crippen LogP contribution in [0.25, 0.3) is 16.8 Å². The largest absolute Gasteiger partial charge is 0.373 e. The molecule has 1 saturated carbocycles. The molecular formula is C26H24ClF2N5O2. The van der Waals surface area contributed by atoms with E-state index in [1.807, 2.05) is 17.1 Å². The van der Waals surface area contributed by atoms with Crippen molar-refractivity contribution in [1.82, 2.24) is 24.4 Å². The van der Waals surface area contributed by atoms with Crippen molar-refractivity contribution in [2.75, 3.05) is 6.61 Å². The highest BCUT2D eigenvalue weighted by atomic mass is 35.5. The Balaban J connectivity index is 1.47. The molecule has 186 valence electrons. The van der Waals surface area contributed by atoms with E-state index in [0.717, 1.165) is 35.1 Å². The zero-order valence-electron chi connectivity index (χ0n) is 19.8. The Labute approximate surface area is 210 Å². The molecule has 1 aromatic carbocycles. The number of benzene rings is 1. The van der Waals surface area contributed by atoms with Gasteiger partial charge >= 0.3 is 0 Å². The molecule has 0 amide bonds. The third kappa shape index (κ3) is 4.00. The van der Waals surface area contributed by atoms with E-state index < -0.39 is 11.6 Å². The van der Waals surface area contributed by atoms with Crippen molar-refractivity contribution in [3.05, 3.63) is 80.1 Å². The number of aromatic nitrogens is 5. The van der Waals surface area contributed by atoms with Crippen molar-refractivity contribution in [3.63, 3.8) is 0 Å². The molecular weight excluding hydrogens is 488 g/mol. The van der Waals surface area contributed by atoms with Crippen molar-refractivity contribution in [2.24, 2.45) is 0 Å². The van der Waals surface area contributed by atoms with E-state index in [-0.39, 0.29) is 39.4 Å². The number of nitrogens with zero attached hydrogens (tertiary/aromatic N) is 5. The molecule has 2 aliphatic rings. The Morgan fingerprint density at radius 2 is 1.86 bits per heavy atom. The van der Waals surface area contributed by atoms with Crippen LogP contribution in [0.4, 0.5) is 8.78 Å². The summed E-state index contributed by atoms with van der Waals surface area (Å²) in [6.45, 7) is 3.84. The summed E-state index contributed by atoms with van der Waals surface area (Å²) in [5.74, 6) is -1.75. The minimum atomic E-state index is -0.830. The Morgan fingerprint density at radius 3 is 2.58 bits per heavy atom. The van der Waals surface area contributed by atoms with Gasteiger partial charge < -0.3 is 4.74 Å². The Bertz CT molecular complexity index is 1540. The first-order valence-corrected chi connectivity index (χ1v) is 12.4. The van der Waals surface area contributed by atoms with Gasteiger partial charge in [0, 0.05) is 46.1 Å². The number of hydrogen-bond donors (Lipinski definition) is 0. The minimum absolute atomic E-state index is 0.0523. The van der Waals surface area contributed by atoms with Gasteiger partial charge in [-0.3, -0.25) is 9.48 Å². The van der Waals surface area contributed by atoms with Gasteiger partial charge in [-0.05, 0) is 57.7 Å². The van der Waals surface area contributed by atoms with Crippen molar-refractivity contribution in [2.45, 2.75) is 57.6 Å². The third-order valence-electron chi connectivity index (χ3n) is 7.17. The SMILES string of the molecule is Cc1nc2c(-c3c(F)cc(Cl)cc3F)cc([C@H]3CCO[C@@H](c4cnn(C5CC5)c4)C3)nn2c(=O)c1C. The summed E-state index contributed by atoms with van der Waals surface area (Å²) >= 11 is 5.87. The lowest BCUT2D eigenvalue weighted by Gasteiger charge is -2.29. The average molecular weight is 512 g/mol. The summed E-state index contributed by atoms with van der Waals surface area (Å²) in [6, 6.07) is 4.22. The van der Waals surface area contributed by atoms with E-state index in [4.69, 9.17) is 16.3 Å². The number of rotatable bonds is 4. The molecule has 0 unspecified atom stereocenters. The highest BCUT2D eigenvalue weighted by Gasteiger charge is 2.31. The van der Waals surface area contributed by atoms with E-state index >= 15 is 8.78 Å². The van der Waals surface area contributed by atoms with E-state index in [2.05, 4.69) is 15.2 Å². The standard InChI is InChI=1S/C26H24ClF2N5O2/c1-13-14(2)31-25-19(24-20(28)8-17(27)9-21(24)29)10-22(32-34(25)26(13)35)15-5-6-36-23(7-15)16-11-30-33(12-16)18-3-4-18/h8-12,15,18,23H,3-7H2,1-2H3/t15-,23+/m0/s1. The van der Waals surface area contributed by atoms with Crippen LogP contribution >= 0.6 is 11.6 Å². The van der Waals surface area contributed by atoms with Crippen molar-refractivity contribution in [1.29, 1.82) is 0 Å². The van der Waals surface area contributed by atoms with Gasteiger partial charge in [0.2, 0.25) is 0 Å². The van der Waals surface area contributed by atoms with Crippen LogP contribution in [-0.4, -0.2) is 31.0 Å². The maximum atomic E-state index is 15.0. The summed E-state index contributed by atoms with van der Waals surface area (Å²) in [7, 11) is 0. The van der Waals surface area contributed by atoms with Gasteiger partial charge in [0.1, 0.15) is 11.6 Å². The molecule has 0 bridgehead atoms. The van der Waals surface area contributed by atoms with Crippen LogP contribution in [0.2, 0.25) is 5.02 Å². The third-order valence-corrected chi connectivity index (χ3v) is 7.39. The van der Waals surface area contributed by atoms with E-state index in [9.17, 15) is 4.79 Å². The number of halogens is 3. The number of fused-ring (bicyclic) bond motifs is 1. The first-order chi connectivity index (χ1) is 17.3. The molecule has 1 aliphatic heterocycles. The molecule has 0 N–H and O–H groups in total. The highest BCUT2D eigenvalue weighted by Crippen LogP contribution is 2.40. The Kier molecular flexibility index (Phi) is 5.64. The summed E-state index contributed by atoms with van der Waals surface area (Å²) in [4.78, 5) is 17.7. The van der Waals surface area contributed by atoms with Crippen molar-refractivity contribution >= 4 is 17.2 Å². The summed E-state index contributed by atoms with van der Waals surface area (Å²) in [5.41, 5.74) is 2.06. The second kappa shape index (κ2) is 8.74. The maximum absolute atomic E-state index is 15.0. The molecule has 1 aliphatic carbocycles. The van der Waals surface area contributed by atoms with Gasteiger partial charge in [-0.2, -0.15) is 14.7 Å². The molecule has 4 aromatic rings. The fraction of sp³-hybridized carbons (Fsp3) is 0.385. The summed E-state index contributed by atoms with van der Waals surface area (Å²) < 4.78 is 39.3. The van der Waals surface area contributed by atoms with Gasteiger partial charge in [0.25, 0.3) is 5.56 Å². The van der Waals surface area contributed by atoms with Crippen LogP contribution in [0.15, 0.2) is 35.4 Å². The van der Waals surface area contributed by atoms with E-state index in [1.165, 1.54) is 0 Å². The van der Waals surface area contributed by atoms with Gasteiger partial charge in [-0.1, -0.05) is 11.6 Å². The van der Waals surface area contributed by atoms with Gasteiger partial charge in [-0.25, -0.2) is 13.8 Å². The molecule has 0 radical (unpaired) electrons. The maximum Gasteiger partial charge on any atom is 0.277 e. The lowest BCUT2D eigenvalue weighted by atomic mass is 9.89. The molecule has 36 heavy (non-hydrogen) atoms. The molecule has 6 rings (SSSR count). The predicted molar refractivity (Wildman–Crippen MR) is 130 cm³/mol. The monoisotopic (exact) mass is 511 g/mol. The second-order valence-electron chi connectivity index (χ2n) is 9.66.